The van der Waals surface area contributed by atoms with E-state index in [-0.39, 0.29) is 0 Å². The lowest BCUT2D eigenvalue weighted by atomic mass is 9.85. The standard InChI is InChI=1S/C50H32/c1-3-11-38-29-40(25-19-33(38)9-1)35-17-23-37(24-18-35)49-45-13-5-7-15-47(45)50(48-16-8-6-14-46(48)49)43-28-22-36-21-27-42(31-44(36)32-43)41-26-20-34-10-2-4-12-39(34)30-41/h1-32H. The van der Waals surface area contributed by atoms with Gasteiger partial charge >= 0.3 is 0 Å². The lowest BCUT2D eigenvalue weighted by Crippen LogP contribution is -1.91. The predicted molar refractivity (Wildman–Crippen MR) is 216 cm³/mol. The zero-order valence-electron chi connectivity index (χ0n) is 27.5. The Kier molecular flexibility index (Phi) is 6.60. The van der Waals surface area contributed by atoms with Crippen LogP contribution in [0.15, 0.2) is 194 Å². The molecule has 10 aromatic carbocycles. The molecule has 0 saturated heterocycles. The van der Waals surface area contributed by atoms with Gasteiger partial charge in [0.15, 0.2) is 0 Å². The molecule has 0 unspecified atom stereocenters. The summed E-state index contributed by atoms with van der Waals surface area (Å²) < 4.78 is 0. The van der Waals surface area contributed by atoms with Crippen molar-refractivity contribution in [1.29, 1.82) is 0 Å². The largest absolute Gasteiger partial charge is 0.0616 e. The minimum atomic E-state index is 1.23. The fourth-order valence-corrected chi connectivity index (χ4v) is 7.90. The number of benzene rings is 10. The van der Waals surface area contributed by atoms with Crippen molar-refractivity contribution in [3.8, 4) is 44.5 Å². The van der Waals surface area contributed by atoms with Crippen LogP contribution >= 0.6 is 0 Å². The van der Waals surface area contributed by atoms with Crippen molar-refractivity contribution in [2.45, 2.75) is 0 Å². The fraction of sp³-hybridized carbons (Fsp3) is 0. The Morgan fingerprint density at radius 1 is 0.180 bits per heavy atom. The molecule has 0 aliphatic rings. The molecule has 10 rings (SSSR count). The third kappa shape index (κ3) is 4.77. The van der Waals surface area contributed by atoms with E-state index >= 15 is 0 Å². The molecule has 0 saturated carbocycles. The third-order valence-corrected chi connectivity index (χ3v) is 10.4. The Balaban J connectivity index is 1.12. The quantitative estimate of drug-likeness (QED) is 0.169. The van der Waals surface area contributed by atoms with Gasteiger partial charge < -0.3 is 0 Å². The first-order valence-electron chi connectivity index (χ1n) is 17.3. The summed E-state index contributed by atoms with van der Waals surface area (Å²) in [5.74, 6) is 0. The van der Waals surface area contributed by atoms with E-state index in [0.717, 1.165) is 0 Å². The molecule has 0 heterocycles. The predicted octanol–water partition coefficient (Wildman–Crippen LogP) is 14.1. The molecule has 0 heteroatoms. The van der Waals surface area contributed by atoms with Crippen LogP contribution in [0.2, 0.25) is 0 Å². The first-order valence-corrected chi connectivity index (χ1v) is 17.3. The molecule has 50 heavy (non-hydrogen) atoms. The van der Waals surface area contributed by atoms with Gasteiger partial charge in [0.25, 0.3) is 0 Å². The van der Waals surface area contributed by atoms with Crippen molar-refractivity contribution in [3.63, 3.8) is 0 Å². The zero-order chi connectivity index (χ0) is 33.0. The van der Waals surface area contributed by atoms with Crippen LogP contribution in [-0.4, -0.2) is 0 Å². The minimum absolute atomic E-state index is 1.23. The average molecular weight is 633 g/mol. The second-order valence-corrected chi connectivity index (χ2v) is 13.3. The summed E-state index contributed by atoms with van der Waals surface area (Å²) in [5.41, 5.74) is 9.96. The van der Waals surface area contributed by atoms with Crippen molar-refractivity contribution in [2.75, 3.05) is 0 Å². The van der Waals surface area contributed by atoms with E-state index < -0.39 is 0 Å². The van der Waals surface area contributed by atoms with Crippen LogP contribution in [0.25, 0.3) is 98.4 Å². The van der Waals surface area contributed by atoms with E-state index in [2.05, 4.69) is 194 Å². The highest BCUT2D eigenvalue weighted by Gasteiger charge is 2.17. The van der Waals surface area contributed by atoms with Gasteiger partial charge in [-0.05, 0) is 123 Å². The van der Waals surface area contributed by atoms with E-state index in [4.69, 9.17) is 0 Å². The van der Waals surface area contributed by atoms with Crippen LogP contribution in [0.3, 0.4) is 0 Å². The van der Waals surface area contributed by atoms with Crippen LogP contribution in [0.4, 0.5) is 0 Å². The number of hydrogen-bond acceptors (Lipinski definition) is 0. The van der Waals surface area contributed by atoms with Gasteiger partial charge in [0.2, 0.25) is 0 Å². The van der Waals surface area contributed by atoms with Gasteiger partial charge in [-0.3, -0.25) is 0 Å². The van der Waals surface area contributed by atoms with Crippen molar-refractivity contribution in [3.05, 3.63) is 194 Å². The summed E-state index contributed by atoms with van der Waals surface area (Å²) in [7, 11) is 0. The van der Waals surface area contributed by atoms with Crippen LogP contribution in [0.5, 0.6) is 0 Å². The van der Waals surface area contributed by atoms with Gasteiger partial charge in [0, 0.05) is 0 Å². The monoisotopic (exact) mass is 632 g/mol. The van der Waals surface area contributed by atoms with E-state index in [1.54, 1.807) is 0 Å². The van der Waals surface area contributed by atoms with Gasteiger partial charge in [-0.2, -0.15) is 0 Å². The molecule has 0 radical (unpaired) electrons. The zero-order valence-corrected chi connectivity index (χ0v) is 27.5. The number of hydrogen-bond donors (Lipinski definition) is 0. The maximum atomic E-state index is 2.38. The normalized spacial score (nSPS) is 11.6. The Bertz CT molecular complexity index is 2850. The summed E-state index contributed by atoms with van der Waals surface area (Å²) in [6.45, 7) is 0. The van der Waals surface area contributed by atoms with Gasteiger partial charge in [-0.15, -0.1) is 0 Å². The van der Waals surface area contributed by atoms with Gasteiger partial charge in [-0.25, -0.2) is 0 Å². The van der Waals surface area contributed by atoms with Crippen LogP contribution in [0.1, 0.15) is 0 Å². The minimum Gasteiger partial charge on any atom is -0.0616 e. The molecule has 0 aromatic heterocycles. The molecule has 0 spiro atoms. The van der Waals surface area contributed by atoms with Crippen LogP contribution < -0.4 is 0 Å². The Morgan fingerprint density at radius 2 is 0.480 bits per heavy atom. The van der Waals surface area contributed by atoms with Crippen LogP contribution in [-0.2, 0) is 0 Å². The second kappa shape index (κ2) is 11.6. The summed E-state index contributed by atoms with van der Waals surface area (Å²) in [5, 5.41) is 12.6. The Labute approximate surface area is 291 Å². The molecule has 0 aliphatic heterocycles. The van der Waals surface area contributed by atoms with Crippen molar-refractivity contribution < 1.29 is 0 Å². The van der Waals surface area contributed by atoms with Gasteiger partial charge in [0.1, 0.15) is 0 Å². The van der Waals surface area contributed by atoms with E-state index in [9.17, 15) is 0 Å². The molecule has 10 aromatic rings. The van der Waals surface area contributed by atoms with Crippen molar-refractivity contribution >= 4 is 53.9 Å². The highest BCUT2D eigenvalue weighted by atomic mass is 14.2. The number of rotatable bonds is 4. The summed E-state index contributed by atoms with van der Waals surface area (Å²) >= 11 is 0. The summed E-state index contributed by atoms with van der Waals surface area (Å²) in [4.78, 5) is 0. The van der Waals surface area contributed by atoms with Gasteiger partial charge in [0.05, 0.1) is 0 Å². The van der Waals surface area contributed by atoms with Crippen LogP contribution in [0, 0.1) is 0 Å². The molecule has 0 atom stereocenters. The summed E-state index contributed by atoms with van der Waals surface area (Å²) in [6.07, 6.45) is 0. The van der Waals surface area contributed by atoms with Crippen molar-refractivity contribution in [2.24, 2.45) is 0 Å². The Morgan fingerprint density at radius 3 is 0.980 bits per heavy atom. The molecule has 0 bridgehead atoms. The first-order chi connectivity index (χ1) is 24.8. The molecule has 0 nitrogen and oxygen atoms in total. The molecule has 0 fully saturated rings. The Hall–Kier alpha value is -6.50. The van der Waals surface area contributed by atoms with E-state index in [0.29, 0.717) is 0 Å². The topological polar surface area (TPSA) is 0 Å². The molecule has 0 amide bonds. The molecular formula is C50H32. The van der Waals surface area contributed by atoms with Gasteiger partial charge in [-0.1, -0.05) is 170 Å². The number of fused-ring (bicyclic) bond motifs is 5. The average Bonchev–Trinajstić information content (AvgIpc) is 3.19. The highest BCUT2D eigenvalue weighted by molar-refractivity contribution is 6.21. The maximum absolute atomic E-state index is 2.38. The highest BCUT2D eigenvalue weighted by Crippen LogP contribution is 2.44. The lowest BCUT2D eigenvalue weighted by molar-refractivity contribution is 1.63. The SMILES string of the molecule is c1ccc2cc(-c3ccc(-c4c5ccccc5c(-c5ccc6ccc(-c7ccc8ccccc8c7)cc6c5)c5ccccc45)cc3)ccc2c1. The smallest absolute Gasteiger partial charge is 0.00262 e. The molecule has 232 valence electrons. The molecule has 0 aliphatic carbocycles. The summed E-state index contributed by atoms with van der Waals surface area (Å²) in [6, 6.07) is 71.4. The third-order valence-electron chi connectivity index (χ3n) is 10.4. The lowest BCUT2D eigenvalue weighted by Gasteiger charge is -2.18. The first kappa shape index (κ1) is 28.5. The molecular weight excluding hydrogens is 601 g/mol. The fourth-order valence-electron chi connectivity index (χ4n) is 7.90. The second-order valence-electron chi connectivity index (χ2n) is 13.3. The van der Waals surface area contributed by atoms with Crippen molar-refractivity contribution in [1.82, 2.24) is 0 Å². The maximum Gasteiger partial charge on any atom is -0.00262 e. The van der Waals surface area contributed by atoms with E-state index in [1.807, 2.05) is 0 Å². The molecule has 0 N–H and O–H groups in total. The van der Waals surface area contributed by atoms with E-state index in [1.165, 1.54) is 98.4 Å².